The van der Waals surface area contributed by atoms with Crippen LogP contribution in [0, 0.1) is 6.92 Å². The standard InChI is InChI=1S/C12H15N2.BrH/c1-11-13(2)8-9-14(11)10-12-6-4-3-5-7-12;/h3-9H,10H2,1-2H3;1H/q+1;/p-1. The van der Waals surface area contributed by atoms with Crippen LogP contribution in [0.4, 0.5) is 0 Å². The van der Waals surface area contributed by atoms with Gasteiger partial charge in [-0.05, 0) is 5.56 Å². The largest absolute Gasteiger partial charge is 1.00 e. The highest BCUT2D eigenvalue weighted by Crippen LogP contribution is 2.03. The Kier molecular flexibility index (Phi) is 4.09. The molecule has 2 nitrogen and oxygen atoms in total. The first kappa shape index (κ1) is 12.0. The minimum atomic E-state index is 0. The predicted molar refractivity (Wildman–Crippen MR) is 55.9 cm³/mol. The van der Waals surface area contributed by atoms with E-state index in [0.717, 1.165) is 6.54 Å². The molecule has 15 heavy (non-hydrogen) atoms. The monoisotopic (exact) mass is 266 g/mol. The van der Waals surface area contributed by atoms with Gasteiger partial charge in [0.25, 0.3) is 5.82 Å². The Morgan fingerprint density at radius 2 is 1.87 bits per heavy atom. The van der Waals surface area contributed by atoms with Crippen LogP contribution in [0.3, 0.4) is 0 Å². The quantitative estimate of drug-likeness (QED) is 0.596. The van der Waals surface area contributed by atoms with E-state index in [1.54, 1.807) is 0 Å². The number of benzene rings is 1. The number of imidazole rings is 1. The van der Waals surface area contributed by atoms with Gasteiger partial charge in [-0.3, -0.25) is 0 Å². The lowest BCUT2D eigenvalue weighted by Crippen LogP contribution is -3.00. The van der Waals surface area contributed by atoms with Crippen molar-refractivity contribution < 1.29 is 21.5 Å². The van der Waals surface area contributed by atoms with Crippen LogP contribution in [0.2, 0.25) is 0 Å². The van der Waals surface area contributed by atoms with Gasteiger partial charge in [-0.15, -0.1) is 0 Å². The van der Waals surface area contributed by atoms with Crippen LogP contribution in [0.15, 0.2) is 42.7 Å². The Balaban J connectivity index is 0.00000112. The third-order valence-electron chi connectivity index (χ3n) is 2.59. The van der Waals surface area contributed by atoms with E-state index < -0.39 is 0 Å². The van der Waals surface area contributed by atoms with Gasteiger partial charge < -0.3 is 17.0 Å². The Labute approximate surface area is 101 Å². The Morgan fingerprint density at radius 1 is 1.20 bits per heavy atom. The molecule has 0 N–H and O–H groups in total. The maximum Gasteiger partial charge on any atom is 0.253 e. The minimum absolute atomic E-state index is 0. The second-order valence-corrected chi connectivity index (χ2v) is 3.57. The molecular weight excluding hydrogens is 252 g/mol. The van der Waals surface area contributed by atoms with Crippen molar-refractivity contribution in [1.29, 1.82) is 0 Å². The molecule has 80 valence electrons. The molecule has 1 heterocycles. The van der Waals surface area contributed by atoms with Crippen LogP contribution in [-0.2, 0) is 13.6 Å². The zero-order valence-electron chi connectivity index (χ0n) is 9.02. The number of hydrogen-bond donors (Lipinski definition) is 0. The maximum atomic E-state index is 2.25. The molecule has 0 aliphatic heterocycles. The van der Waals surface area contributed by atoms with Gasteiger partial charge >= 0.3 is 0 Å². The molecule has 0 bridgehead atoms. The highest BCUT2D eigenvalue weighted by atomic mass is 79.9. The van der Waals surface area contributed by atoms with Crippen molar-refractivity contribution in [2.75, 3.05) is 0 Å². The molecule has 0 radical (unpaired) electrons. The van der Waals surface area contributed by atoms with Gasteiger partial charge in [0, 0.05) is 6.92 Å². The summed E-state index contributed by atoms with van der Waals surface area (Å²) in [6.45, 7) is 3.08. The topological polar surface area (TPSA) is 8.81 Å². The lowest BCUT2D eigenvalue weighted by molar-refractivity contribution is -0.677. The second kappa shape index (κ2) is 5.12. The molecule has 2 rings (SSSR count). The summed E-state index contributed by atoms with van der Waals surface area (Å²) < 4.78 is 4.37. The molecule has 3 heteroatoms. The van der Waals surface area contributed by atoms with Crippen molar-refractivity contribution >= 4 is 0 Å². The highest BCUT2D eigenvalue weighted by Gasteiger charge is 2.08. The van der Waals surface area contributed by atoms with Crippen molar-refractivity contribution in [3.63, 3.8) is 0 Å². The number of aromatic nitrogens is 2. The van der Waals surface area contributed by atoms with Gasteiger partial charge in [-0.2, -0.15) is 0 Å². The summed E-state index contributed by atoms with van der Waals surface area (Å²) >= 11 is 0. The van der Waals surface area contributed by atoms with E-state index in [4.69, 9.17) is 0 Å². The van der Waals surface area contributed by atoms with E-state index >= 15 is 0 Å². The molecule has 1 aromatic heterocycles. The van der Waals surface area contributed by atoms with Crippen molar-refractivity contribution in [1.82, 2.24) is 4.57 Å². The molecule has 0 saturated carbocycles. The Bertz CT molecular complexity index is 420. The molecule has 1 aromatic carbocycles. The maximum absolute atomic E-state index is 2.25. The van der Waals surface area contributed by atoms with Crippen molar-refractivity contribution in [2.24, 2.45) is 7.05 Å². The third kappa shape index (κ3) is 2.69. The average Bonchev–Trinajstić information content (AvgIpc) is 2.52. The molecule has 0 unspecified atom stereocenters. The smallest absolute Gasteiger partial charge is 0.253 e. The normalized spacial score (nSPS) is 9.73. The summed E-state index contributed by atoms with van der Waals surface area (Å²) in [5.74, 6) is 1.27. The van der Waals surface area contributed by atoms with E-state index in [2.05, 4.69) is 59.8 Å². The average molecular weight is 267 g/mol. The van der Waals surface area contributed by atoms with Crippen LogP contribution in [0.1, 0.15) is 11.4 Å². The van der Waals surface area contributed by atoms with Crippen LogP contribution in [-0.4, -0.2) is 4.57 Å². The van der Waals surface area contributed by atoms with Crippen LogP contribution < -0.4 is 21.5 Å². The molecule has 0 aliphatic carbocycles. The van der Waals surface area contributed by atoms with Gasteiger partial charge in [0.1, 0.15) is 18.9 Å². The van der Waals surface area contributed by atoms with E-state index in [-0.39, 0.29) is 17.0 Å². The fraction of sp³-hybridized carbons (Fsp3) is 0.250. The van der Waals surface area contributed by atoms with E-state index in [9.17, 15) is 0 Å². The zero-order valence-corrected chi connectivity index (χ0v) is 10.6. The molecule has 0 spiro atoms. The van der Waals surface area contributed by atoms with Crippen molar-refractivity contribution in [3.05, 3.63) is 54.1 Å². The summed E-state index contributed by atoms with van der Waals surface area (Å²) in [5.41, 5.74) is 1.34. The molecule has 0 amide bonds. The fourth-order valence-electron chi connectivity index (χ4n) is 1.55. The van der Waals surface area contributed by atoms with Gasteiger partial charge in [-0.1, -0.05) is 30.3 Å². The Hall–Kier alpha value is -1.09. The SMILES string of the molecule is Cc1n(Cc2ccccc2)cc[n+]1C.[Br-]. The van der Waals surface area contributed by atoms with E-state index in [1.807, 2.05) is 6.07 Å². The molecule has 0 fully saturated rings. The van der Waals surface area contributed by atoms with Crippen LogP contribution in [0.5, 0.6) is 0 Å². The molecule has 2 aromatic rings. The van der Waals surface area contributed by atoms with Crippen molar-refractivity contribution in [2.45, 2.75) is 13.5 Å². The first-order chi connectivity index (χ1) is 6.77. The van der Waals surface area contributed by atoms with E-state index in [0.29, 0.717) is 0 Å². The van der Waals surface area contributed by atoms with Crippen LogP contribution in [0.25, 0.3) is 0 Å². The summed E-state index contributed by atoms with van der Waals surface area (Å²) in [7, 11) is 2.07. The number of rotatable bonds is 2. The first-order valence-corrected chi connectivity index (χ1v) is 4.82. The zero-order chi connectivity index (χ0) is 9.97. The highest BCUT2D eigenvalue weighted by molar-refractivity contribution is 5.15. The lowest BCUT2D eigenvalue weighted by Gasteiger charge is -1.98. The summed E-state index contributed by atoms with van der Waals surface area (Å²) in [4.78, 5) is 0. The molecule has 0 atom stereocenters. The molecule has 0 saturated heterocycles. The lowest BCUT2D eigenvalue weighted by atomic mass is 10.2. The summed E-state index contributed by atoms with van der Waals surface area (Å²) in [6.07, 6.45) is 4.20. The van der Waals surface area contributed by atoms with Crippen molar-refractivity contribution in [3.8, 4) is 0 Å². The number of aryl methyl sites for hydroxylation is 1. The number of halogens is 1. The third-order valence-corrected chi connectivity index (χ3v) is 2.59. The van der Waals surface area contributed by atoms with Gasteiger partial charge in [0.15, 0.2) is 0 Å². The number of hydrogen-bond acceptors (Lipinski definition) is 0. The van der Waals surface area contributed by atoms with Crippen LogP contribution >= 0.6 is 0 Å². The van der Waals surface area contributed by atoms with Gasteiger partial charge in [0.05, 0.1) is 7.05 Å². The summed E-state index contributed by atoms with van der Waals surface area (Å²) in [5, 5.41) is 0. The Morgan fingerprint density at radius 3 is 2.40 bits per heavy atom. The number of nitrogens with zero attached hydrogens (tertiary/aromatic N) is 2. The van der Waals surface area contributed by atoms with Gasteiger partial charge in [0.2, 0.25) is 0 Å². The predicted octanol–water partition coefficient (Wildman–Crippen LogP) is -1.33. The first-order valence-electron chi connectivity index (χ1n) is 4.82. The summed E-state index contributed by atoms with van der Waals surface area (Å²) in [6, 6.07) is 10.5. The van der Waals surface area contributed by atoms with Gasteiger partial charge in [-0.25, -0.2) is 9.13 Å². The molecule has 0 aliphatic rings. The minimum Gasteiger partial charge on any atom is -1.00 e. The fourth-order valence-corrected chi connectivity index (χ4v) is 1.55. The molecular formula is C12H15BrN2. The van der Waals surface area contributed by atoms with E-state index in [1.165, 1.54) is 11.4 Å². The second-order valence-electron chi connectivity index (χ2n) is 3.57.